The van der Waals surface area contributed by atoms with E-state index in [2.05, 4.69) is 4.18 Å². The SMILES string of the molecule is O=S(=O)(Oc1ccccc1[B-]12OCCCN1CCCO2)C(F)(F)F. The molecule has 24 heavy (non-hydrogen) atoms. The Morgan fingerprint density at radius 1 is 1.08 bits per heavy atom. The molecule has 1 aromatic rings. The van der Waals surface area contributed by atoms with Gasteiger partial charge >= 0.3 is 22.3 Å². The molecule has 2 saturated heterocycles. The zero-order valence-electron chi connectivity index (χ0n) is 12.7. The smallest absolute Gasteiger partial charge is 0.534 e. The summed E-state index contributed by atoms with van der Waals surface area (Å²) in [6.07, 6.45) is 1.52. The van der Waals surface area contributed by atoms with E-state index in [1.165, 1.54) is 18.2 Å². The van der Waals surface area contributed by atoms with Crippen molar-refractivity contribution in [1.29, 1.82) is 0 Å². The van der Waals surface area contributed by atoms with E-state index in [1.807, 2.05) is 4.81 Å². The number of hydrogen-bond donors (Lipinski definition) is 0. The highest BCUT2D eigenvalue weighted by atomic mass is 32.2. The van der Waals surface area contributed by atoms with Crippen LogP contribution in [0.25, 0.3) is 0 Å². The van der Waals surface area contributed by atoms with Gasteiger partial charge in [0.15, 0.2) is 0 Å². The van der Waals surface area contributed by atoms with E-state index in [4.69, 9.17) is 9.31 Å². The Balaban J connectivity index is 2.03. The van der Waals surface area contributed by atoms with E-state index >= 15 is 0 Å². The second kappa shape index (κ2) is 6.21. The first kappa shape index (κ1) is 17.5. The minimum Gasteiger partial charge on any atom is -0.551 e. The van der Waals surface area contributed by atoms with Crippen molar-refractivity contribution in [3.05, 3.63) is 24.3 Å². The Hall–Kier alpha value is -1.30. The molecule has 134 valence electrons. The molecule has 2 aliphatic rings. The Morgan fingerprint density at radius 2 is 1.67 bits per heavy atom. The Kier molecular flexibility index (Phi) is 4.54. The molecule has 11 heteroatoms. The number of nitrogens with zero attached hydrogens (tertiary/aromatic N) is 1. The highest BCUT2D eigenvalue weighted by Gasteiger charge is 2.50. The molecule has 1 aromatic carbocycles. The van der Waals surface area contributed by atoms with Gasteiger partial charge in [0.25, 0.3) is 0 Å². The molecule has 6 nitrogen and oxygen atoms in total. The van der Waals surface area contributed by atoms with Gasteiger partial charge in [-0.05, 0) is 32.0 Å². The number of fused-ring (bicyclic) bond motifs is 1. The molecular weight excluding hydrogens is 350 g/mol. The fourth-order valence-electron chi connectivity index (χ4n) is 3.13. The van der Waals surface area contributed by atoms with Crippen LogP contribution in [-0.4, -0.2) is 51.7 Å². The summed E-state index contributed by atoms with van der Waals surface area (Å²) in [5.74, 6) is -0.427. The van der Waals surface area contributed by atoms with Crippen LogP contribution < -0.4 is 9.65 Å². The van der Waals surface area contributed by atoms with Crippen molar-refractivity contribution < 1.29 is 35.1 Å². The minimum atomic E-state index is -5.77. The predicted molar refractivity (Wildman–Crippen MR) is 80.1 cm³/mol. The summed E-state index contributed by atoms with van der Waals surface area (Å²) in [4.78, 5) is 1.90. The Labute approximate surface area is 137 Å². The first-order valence-electron chi connectivity index (χ1n) is 7.53. The van der Waals surface area contributed by atoms with Crippen molar-refractivity contribution in [2.75, 3.05) is 26.3 Å². The van der Waals surface area contributed by atoms with Gasteiger partial charge in [-0.25, -0.2) is 0 Å². The van der Waals surface area contributed by atoms with Crippen molar-refractivity contribution in [2.45, 2.75) is 18.3 Å². The summed E-state index contributed by atoms with van der Waals surface area (Å²) in [6, 6.07) is 5.62. The van der Waals surface area contributed by atoms with Crippen LogP contribution in [0.15, 0.2) is 24.3 Å². The summed E-state index contributed by atoms with van der Waals surface area (Å²) >= 11 is 0. The van der Waals surface area contributed by atoms with Gasteiger partial charge in [0, 0.05) is 13.2 Å². The van der Waals surface area contributed by atoms with Crippen LogP contribution in [0.4, 0.5) is 13.2 Å². The normalized spacial score (nSPS) is 22.0. The molecule has 0 N–H and O–H groups in total. The van der Waals surface area contributed by atoms with Crippen LogP contribution in [0.3, 0.4) is 0 Å². The van der Waals surface area contributed by atoms with Crippen LogP contribution in [0.1, 0.15) is 12.8 Å². The van der Waals surface area contributed by atoms with Crippen molar-refractivity contribution >= 4 is 22.3 Å². The van der Waals surface area contributed by atoms with Gasteiger partial charge in [0.2, 0.25) is 0 Å². The summed E-state index contributed by atoms with van der Waals surface area (Å²) < 4.78 is 76.7. The number of hydrogen-bond acceptors (Lipinski definition) is 6. The van der Waals surface area contributed by atoms with Crippen LogP contribution in [0.5, 0.6) is 5.75 Å². The van der Waals surface area contributed by atoms with Gasteiger partial charge in [-0.3, -0.25) is 0 Å². The first-order valence-corrected chi connectivity index (χ1v) is 8.94. The van der Waals surface area contributed by atoms with E-state index in [9.17, 15) is 21.6 Å². The molecule has 0 unspecified atom stereocenters. The maximum absolute atomic E-state index is 12.6. The lowest BCUT2D eigenvalue weighted by molar-refractivity contribution is -0.0500. The van der Waals surface area contributed by atoms with E-state index < -0.39 is 28.1 Å². The molecule has 2 heterocycles. The van der Waals surface area contributed by atoms with E-state index in [-0.39, 0.29) is 5.46 Å². The van der Waals surface area contributed by atoms with Crippen LogP contribution in [0, 0.1) is 0 Å². The fourth-order valence-corrected chi connectivity index (χ4v) is 3.61. The van der Waals surface area contributed by atoms with Gasteiger partial charge < -0.3 is 18.3 Å². The summed E-state index contributed by atoms with van der Waals surface area (Å²) in [7, 11) is -5.77. The number of alkyl halides is 3. The first-order chi connectivity index (χ1) is 11.3. The van der Waals surface area contributed by atoms with Crippen molar-refractivity contribution in [2.24, 2.45) is 0 Å². The fraction of sp³-hybridized carbons (Fsp3) is 0.538. The number of benzene rings is 1. The number of rotatable bonds is 3. The average Bonchev–Trinajstić information content (AvgIpc) is 2.54. The van der Waals surface area contributed by atoms with Gasteiger partial charge in [-0.1, -0.05) is 23.7 Å². The van der Waals surface area contributed by atoms with E-state index in [0.29, 0.717) is 26.3 Å². The van der Waals surface area contributed by atoms with E-state index in [0.717, 1.165) is 12.8 Å². The monoisotopic (exact) mass is 366 g/mol. The predicted octanol–water partition coefficient (Wildman–Crippen LogP) is 1.20. The molecule has 2 fully saturated rings. The Morgan fingerprint density at radius 3 is 2.25 bits per heavy atom. The standard InChI is InChI=1S/C13H16BF3NO5S/c15-13(16,17)24(19,20)23-12-6-2-1-5-11(12)14-18(7-3-9-21-14)8-4-10-22-14/h1-2,5-6H,3-4,7-10H2/q-1. The molecular formula is C13H16BF3NO5S-. The molecule has 0 aliphatic carbocycles. The van der Waals surface area contributed by atoms with Crippen LogP contribution in [0.2, 0.25) is 0 Å². The maximum Gasteiger partial charge on any atom is 0.534 e. The largest absolute Gasteiger partial charge is 0.551 e. The van der Waals surface area contributed by atoms with Crippen molar-refractivity contribution in [3.8, 4) is 5.75 Å². The topological polar surface area (TPSA) is 65.1 Å². The van der Waals surface area contributed by atoms with Gasteiger partial charge in [0.05, 0.1) is 0 Å². The quantitative estimate of drug-likeness (QED) is 0.455. The molecule has 0 aromatic heterocycles. The third kappa shape index (κ3) is 3.01. The molecule has 2 aliphatic heterocycles. The third-order valence-corrected chi connectivity index (χ3v) is 5.11. The molecule has 0 saturated carbocycles. The minimum absolute atomic E-state index is 0.171. The second-order valence-electron chi connectivity index (χ2n) is 5.68. The lowest BCUT2D eigenvalue weighted by atomic mass is 9.59. The van der Waals surface area contributed by atoms with Crippen molar-refractivity contribution in [1.82, 2.24) is 4.81 Å². The zero-order valence-corrected chi connectivity index (χ0v) is 13.5. The molecule has 0 spiro atoms. The molecule has 0 radical (unpaired) electrons. The summed E-state index contributed by atoms with van der Waals surface area (Å²) in [5, 5.41) is 0. The molecule has 0 amide bonds. The molecule has 0 bridgehead atoms. The second-order valence-corrected chi connectivity index (χ2v) is 7.22. The highest BCUT2D eigenvalue weighted by molar-refractivity contribution is 7.88. The third-order valence-electron chi connectivity index (χ3n) is 4.14. The maximum atomic E-state index is 12.6. The highest BCUT2D eigenvalue weighted by Crippen LogP contribution is 2.30. The molecule has 0 atom stereocenters. The van der Waals surface area contributed by atoms with Crippen LogP contribution in [-0.2, 0) is 19.4 Å². The summed E-state index contributed by atoms with van der Waals surface area (Å²) in [6.45, 7) is -0.173. The average molecular weight is 366 g/mol. The van der Waals surface area contributed by atoms with Crippen LogP contribution >= 0.6 is 0 Å². The Bertz CT molecular complexity index is 700. The van der Waals surface area contributed by atoms with Crippen molar-refractivity contribution in [3.63, 3.8) is 0 Å². The number of para-hydroxylation sites is 1. The van der Waals surface area contributed by atoms with E-state index in [1.54, 1.807) is 6.07 Å². The lowest BCUT2D eigenvalue weighted by Crippen LogP contribution is -2.71. The summed E-state index contributed by atoms with van der Waals surface area (Å²) in [5.41, 5.74) is -5.34. The zero-order chi connectivity index (χ0) is 17.4. The lowest BCUT2D eigenvalue weighted by Gasteiger charge is -2.57. The molecule has 3 rings (SSSR count). The number of halogens is 3. The van der Waals surface area contributed by atoms with Gasteiger partial charge in [-0.2, -0.15) is 21.6 Å². The van der Waals surface area contributed by atoms with Gasteiger partial charge in [0.1, 0.15) is 5.75 Å². The van der Waals surface area contributed by atoms with Gasteiger partial charge in [-0.15, -0.1) is 0 Å².